The highest BCUT2D eigenvalue weighted by Gasteiger charge is 2.13. The van der Waals surface area contributed by atoms with E-state index >= 15 is 0 Å². The summed E-state index contributed by atoms with van der Waals surface area (Å²) in [6.07, 6.45) is 1.89. The average molecular weight is 418 g/mol. The Morgan fingerprint density at radius 2 is 1.44 bits per heavy atom. The molecule has 5 rings (SSSR count). The topological polar surface area (TPSA) is 39.4 Å². The van der Waals surface area contributed by atoms with Gasteiger partial charge in [0.1, 0.15) is 5.75 Å². The second-order valence-electron chi connectivity index (χ2n) is 7.58. The summed E-state index contributed by atoms with van der Waals surface area (Å²) in [5.41, 5.74) is 6.19. The van der Waals surface area contributed by atoms with Crippen LogP contribution >= 0.6 is 0 Å². The number of aryl methyl sites for hydroxylation is 1. The summed E-state index contributed by atoms with van der Waals surface area (Å²) in [6.45, 7) is 0. The molecule has 0 aliphatic heterocycles. The Kier molecular flexibility index (Phi) is 5.26. The molecule has 4 nitrogen and oxygen atoms in total. The molecule has 32 heavy (non-hydrogen) atoms. The molecule has 0 N–H and O–H groups in total. The Morgan fingerprint density at radius 3 is 2.09 bits per heavy atom. The molecule has 3 aromatic carbocycles. The van der Waals surface area contributed by atoms with Crippen molar-refractivity contribution in [1.29, 1.82) is 0 Å². The summed E-state index contributed by atoms with van der Waals surface area (Å²) in [4.78, 5) is 9.63. The van der Waals surface area contributed by atoms with Crippen LogP contribution in [-0.2, 0) is 7.05 Å². The van der Waals surface area contributed by atoms with Crippen molar-refractivity contribution in [3.05, 3.63) is 114 Å². The fourth-order valence-electron chi connectivity index (χ4n) is 4.00. The predicted octanol–water partition coefficient (Wildman–Crippen LogP) is 6.42. The quantitative estimate of drug-likeness (QED) is 0.310. The van der Waals surface area contributed by atoms with Gasteiger partial charge in [-0.15, -0.1) is 0 Å². The summed E-state index contributed by atoms with van der Waals surface area (Å²) in [7, 11) is 3.75. The van der Waals surface area contributed by atoms with Crippen molar-refractivity contribution in [2.45, 2.75) is 0 Å². The molecule has 0 saturated carbocycles. The molecule has 2 heterocycles. The molecular formula is C28H23N3O. The van der Waals surface area contributed by atoms with Gasteiger partial charge in [0.05, 0.1) is 30.2 Å². The molecule has 0 aliphatic rings. The first-order valence-electron chi connectivity index (χ1n) is 10.5. The van der Waals surface area contributed by atoms with E-state index in [1.807, 2.05) is 73.9 Å². The van der Waals surface area contributed by atoms with Gasteiger partial charge in [0.15, 0.2) is 5.82 Å². The number of hydrogen-bond donors (Lipinski definition) is 0. The van der Waals surface area contributed by atoms with Gasteiger partial charge in [-0.25, -0.2) is 9.98 Å². The zero-order valence-electron chi connectivity index (χ0n) is 18.1. The highest BCUT2D eigenvalue weighted by molar-refractivity contribution is 6.14. The minimum Gasteiger partial charge on any atom is -0.496 e. The summed E-state index contributed by atoms with van der Waals surface area (Å²) >= 11 is 0. The number of para-hydroxylation sites is 1. The third kappa shape index (κ3) is 3.67. The van der Waals surface area contributed by atoms with Crippen LogP contribution in [0.1, 0.15) is 11.1 Å². The zero-order chi connectivity index (χ0) is 21.9. The van der Waals surface area contributed by atoms with Gasteiger partial charge in [0.2, 0.25) is 0 Å². The van der Waals surface area contributed by atoms with Crippen LogP contribution in [0.5, 0.6) is 5.75 Å². The fraction of sp³-hybridized carbons (Fsp3) is 0.0714. The van der Waals surface area contributed by atoms with E-state index in [-0.39, 0.29) is 0 Å². The van der Waals surface area contributed by atoms with Crippen LogP contribution in [0.3, 0.4) is 0 Å². The van der Waals surface area contributed by atoms with Crippen LogP contribution in [0.25, 0.3) is 22.2 Å². The van der Waals surface area contributed by atoms with E-state index in [4.69, 9.17) is 9.73 Å². The number of methoxy groups -OCH3 is 1. The van der Waals surface area contributed by atoms with Crippen molar-refractivity contribution in [2.24, 2.45) is 12.0 Å². The van der Waals surface area contributed by atoms with Gasteiger partial charge < -0.3 is 9.30 Å². The fourth-order valence-corrected chi connectivity index (χ4v) is 4.00. The summed E-state index contributed by atoms with van der Waals surface area (Å²) in [6, 6.07) is 32.7. The zero-order valence-corrected chi connectivity index (χ0v) is 18.1. The number of pyridine rings is 1. The SMILES string of the molecule is COc1ccccc1-c1cc2cc(N=C(c3ccccc3)c3ccccc3)ncc2n1C. The van der Waals surface area contributed by atoms with Crippen LogP contribution in [0.15, 0.2) is 108 Å². The smallest absolute Gasteiger partial charge is 0.153 e. The minimum absolute atomic E-state index is 0.678. The van der Waals surface area contributed by atoms with E-state index in [1.54, 1.807) is 7.11 Å². The molecule has 0 aliphatic carbocycles. The van der Waals surface area contributed by atoms with Gasteiger partial charge in [-0.3, -0.25) is 0 Å². The molecule has 0 fully saturated rings. The maximum Gasteiger partial charge on any atom is 0.153 e. The molecule has 5 aromatic rings. The van der Waals surface area contributed by atoms with Crippen molar-refractivity contribution in [1.82, 2.24) is 9.55 Å². The normalized spacial score (nSPS) is 10.8. The first-order chi connectivity index (χ1) is 15.7. The van der Waals surface area contributed by atoms with Crippen LogP contribution in [0.2, 0.25) is 0 Å². The number of fused-ring (bicyclic) bond motifs is 1. The summed E-state index contributed by atoms with van der Waals surface area (Å²) in [5, 5.41) is 1.09. The maximum absolute atomic E-state index is 5.57. The average Bonchev–Trinajstić information content (AvgIpc) is 3.19. The molecule has 0 amide bonds. The summed E-state index contributed by atoms with van der Waals surface area (Å²) in [5.74, 6) is 1.53. The van der Waals surface area contributed by atoms with E-state index in [2.05, 4.69) is 45.9 Å². The second kappa shape index (κ2) is 8.52. The van der Waals surface area contributed by atoms with E-state index in [0.717, 1.165) is 44.7 Å². The van der Waals surface area contributed by atoms with Crippen molar-refractivity contribution in [2.75, 3.05) is 7.11 Å². The summed E-state index contributed by atoms with van der Waals surface area (Å²) < 4.78 is 7.72. The molecule has 2 aromatic heterocycles. The van der Waals surface area contributed by atoms with Gasteiger partial charge in [0.25, 0.3) is 0 Å². The minimum atomic E-state index is 0.678. The Morgan fingerprint density at radius 1 is 0.812 bits per heavy atom. The number of nitrogens with zero attached hydrogens (tertiary/aromatic N) is 3. The lowest BCUT2D eigenvalue weighted by Crippen LogP contribution is -2.02. The van der Waals surface area contributed by atoms with E-state index in [1.165, 1.54) is 0 Å². The van der Waals surface area contributed by atoms with Crippen molar-refractivity contribution in [3.63, 3.8) is 0 Å². The Hall–Kier alpha value is -4.18. The molecular weight excluding hydrogens is 394 g/mol. The predicted molar refractivity (Wildman–Crippen MR) is 131 cm³/mol. The number of aliphatic imine (C=N–C) groups is 1. The number of hydrogen-bond acceptors (Lipinski definition) is 3. The number of ether oxygens (including phenoxy) is 1. The van der Waals surface area contributed by atoms with Crippen molar-refractivity contribution >= 4 is 22.4 Å². The van der Waals surface area contributed by atoms with Crippen LogP contribution in [0.4, 0.5) is 5.82 Å². The van der Waals surface area contributed by atoms with Gasteiger partial charge >= 0.3 is 0 Å². The molecule has 0 spiro atoms. The van der Waals surface area contributed by atoms with Crippen molar-refractivity contribution in [3.8, 4) is 17.0 Å². The monoisotopic (exact) mass is 417 g/mol. The molecule has 4 heteroatoms. The number of rotatable bonds is 5. The highest BCUT2D eigenvalue weighted by atomic mass is 16.5. The van der Waals surface area contributed by atoms with E-state index < -0.39 is 0 Å². The molecule has 156 valence electrons. The number of benzene rings is 3. The molecule has 0 radical (unpaired) electrons. The highest BCUT2D eigenvalue weighted by Crippen LogP contribution is 2.34. The first kappa shape index (κ1) is 19.8. The van der Waals surface area contributed by atoms with Crippen LogP contribution < -0.4 is 4.74 Å². The van der Waals surface area contributed by atoms with Crippen LogP contribution in [-0.4, -0.2) is 22.4 Å². The maximum atomic E-state index is 5.57. The largest absolute Gasteiger partial charge is 0.496 e. The molecule has 0 atom stereocenters. The lowest BCUT2D eigenvalue weighted by molar-refractivity contribution is 0.416. The Labute approximate surface area is 187 Å². The molecule has 0 saturated heterocycles. The standard InChI is InChI=1S/C28H23N3O/c1-31-24(23-15-9-10-16-26(23)32-2)17-22-18-27(29-19-25(22)31)30-28(20-11-5-3-6-12-20)21-13-7-4-8-14-21/h3-19H,1-2H3. The van der Waals surface area contributed by atoms with Crippen LogP contribution in [0, 0.1) is 0 Å². The van der Waals surface area contributed by atoms with Gasteiger partial charge in [-0.2, -0.15) is 0 Å². The van der Waals surface area contributed by atoms with Gasteiger partial charge in [-0.1, -0.05) is 72.8 Å². The molecule has 0 unspecified atom stereocenters. The second-order valence-corrected chi connectivity index (χ2v) is 7.58. The Balaban J connectivity index is 1.63. The first-order valence-corrected chi connectivity index (χ1v) is 10.5. The third-order valence-corrected chi connectivity index (χ3v) is 5.62. The van der Waals surface area contributed by atoms with Gasteiger partial charge in [0, 0.05) is 29.1 Å². The number of aromatic nitrogens is 2. The lowest BCUT2D eigenvalue weighted by Gasteiger charge is -2.09. The lowest BCUT2D eigenvalue weighted by atomic mass is 10.0. The third-order valence-electron chi connectivity index (χ3n) is 5.62. The molecule has 0 bridgehead atoms. The van der Waals surface area contributed by atoms with Crippen molar-refractivity contribution < 1.29 is 4.74 Å². The van der Waals surface area contributed by atoms with E-state index in [0.29, 0.717) is 5.82 Å². The Bertz CT molecular complexity index is 1360. The van der Waals surface area contributed by atoms with Gasteiger partial charge in [-0.05, 0) is 24.3 Å². The van der Waals surface area contributed by atoms with E-state index in [9.17, 15) is 0 Å².